The van der Waals surface area contributed by atoms with E-state index in [1.165, 1.54) is 0 Å². The lowest BCUT2D eigenvalue weighted by molar-refractivity contribution is 0.381. The number of halogens is 31. The normalized spacial score (nSPS) is 12.6. The van der Waals surface area contributed by atoms with Crippen molar-refractivity contribution in [1.82, 2.24) is 29.9 Å². The number of benzene rings is 6. The van der Waals surface area contributed by atoms with Crippen LogP contribution in [0.2, 0.25) is 0 Å². The second-order valence-corrected chi connectivity index (χ2v) is 21.9. The van der Waals surface area contributed by atoms with Gasteiger partial charge in [0, 0.05) is 55.4 Å². The van der Waals surface area contributed by atoms with E-state index in [0.717, 1.165) is 0 Å². The number of hydrogen-bond acceptors (Lipinski definition) is 4. The molecule has 524 valence electrons. The third-order valence-corrected chi connectivity index (χ3v) is 16.2. The van der Waals surface area contributed by atoms with E-state index in [2.05, 4.69) is 29.9 Å². The number of fused-ring (bicyclic) bond motifs is 12. The average Bonchev–Trinajstić information content (AvgIpc) is 1.61. The number of aromatic nitrogens is 6. The van der Waals surface area contributed by atoms with Crippen molar-refractivity contribution < 1.29 is 132 Å². The van der Waals surface area contributed by atoms with Gasteiger partial charge in [-0.25, -0.2) is 152 Å². The Balaban J connectivity index is 1.35. The number of rotatable bonds is 6. The number of nitrogens with one attached hydrogen (secondary N) is 2. The van der Waals surface area contributed by atoms with Gasteiger partial charge in [-0.2, -0.15) is 0 Å². The molecule has 0 amide bonds. The van der Waals surface area contributed by atoms with Gasteiger partial charge in [-0.15, -0.1) is 0 Å². The fourth-order valence-electron chi connectivity index (χ4n) is 11.3. The van der Waals surface area contributed by atoms with E-state index in [0.29, 0.717) is 60.7 Å². The fraction of sp³-hybridized carbons (Fsp3) is 0. The van der Waals surface area contributed by atoms with Crippen molar-refractivity contribution >= 4 is 81.2 Å². The van der Waals surface area contributed by atoms with E-state index in [1.54, 1.807) is 0 Å². The molecule has 0 radical (unpaired) electrons. The van der Waals surface area contributed by atoms with Crippen LogP contribution in [0.25, 0.3) is 136 Å². The molecule has 6 nitrogen and oxygen atoms in total. The first-order valence-corrected chi connectivity index (χ1v) is 27.9. The summed E-state index contributed by atoms with van der Waals surface area (Å²) in [6.45, 7) is 0. The predicted molar refractivity (Wildman–Crippen MR) is 304 cm³/mol. The summed E-state index contributed by atoms with van der Waals surface area (Å²) in [6.07, 6.45) is 2.18. The largest absolute Gasteiger partial charge is 0.354 e. The molecule has 0 atom stereocenters. The third kappa shape index (κ3) is 10.3. The highest BCUT2D eigenvalue weighted by Gasteiger charge is 2.39. The maximum absolute atomic E-state index is 16.5. The highest BCUT2D eigenvalue weighted by Crippen LogP contribution is 2.49. The Hall–Kier alpha value is -11.6. The molecular weight excluding hydrogens is 1480 g/mol. The van der Waals surface area contributed by atoms with Crippen molar-refractivity contribution in [3.05, 3.63) is 244 Å². The molecule has 4 aliphatic rings. The molecule has 4 aliphatic heterocycles. The summed E-state index contributed by atoms with van der Waals surface area (Å²) in [5.41, 5.74) is -40.0. The van der Waals surface area contributed by atoms with Crippen LogP contribution in [0.1, 0.15) is 45.6 Å². The molecule has 9 aromatic rings. The smallest absolute Gasteiger partial charge is 0.200 e. The van der Waals surface area contributed by atoms with Crippen molar-refractivity contribution in [2.45, 2.75) is 0 Å². The molecule has 37 heteroatoms. The van der Waals surface area contributed by atoms with Crippen LogP contribution in [-0.4, -0.2) is 29.9 Å². The zero-order valence-electron chi connectivity index (χ0n) is 48.4. The molecule has 6 aromatic carbocycles. The Bertz CT molecular complexity index is 5800. The first-order chi connectivity index (χ1) is 48.5. The zero-order chi connectivity index (χ0) is 74.8. The van der Waals surface area contributed by atoms with E-state index in [-0.39, 0.29) is 6.08 Å². The quantitative estimate of drug-likeness (QED) is 0.0987. The Morgan fingerprint density at radius 3 is 0.573 bits per heavy atom. The van der Waals surface area contributed by atoms with E-state index >= 15 is 105 Å². The molecule has 0 unspecified atom stereocenters. The summed E-state index contributed by atoms with van der Waals surface area (Å²) in [4.78, 5) is 19.6. The Morgan fingerprint density at radius 1 is 0.184 bits per heavy atom. The summed E-state index contributed by atoms with van der Waals surface area (Å²) in [6, 6.07) is 1.45. The second-order valence-electron chi connectivity index (χ2n) is 21.5. The van der Waals surface area contributed by atoms with Gasteiger partial charge in [0.05, 0.1) is 84.0 Å². The van der Waals surface area contributed by atoms with Crippen LogP contribution in [0, 0.1) is 175 Å². The van der Waals surface area contributed by atoms with Gasteiger partial charge < -0.3 is 9.97 Å². The van der Waals surface area contributed by atoms with Gasteiger partial charge in [0.2, 0.25) is 34.9 Å². The Labute approximate surface area is 552 Å². The van der Waals surface area contributed by atoms with Crippen LogP contribution in [0.3, 0.4) is 0 Å². The van der Waals surface area contributed by atoms with Gasteiger partial charge in [0.1, 0.15) is 0 Å². The Morgan fingerprint density at radius 2 is 0.350 bits per heavy atom. The summed E-state index contributed by atoms with van der Waals surface area (Å²) < 4.78 is 473. The highest BCUT2D eigenvalue weighted by atomic mass is 35.5. The molecule has 0 saturated carbocycles. The molecule has 103 heavy (non-hydrogen) atoms. The third-order valence-electron chi connectivity index (χ3n) is 15.9. The summed E-state index contributed by atoms with van der Waals surface area (Å²) in [5.74, 6) is -86.8. The lowest BCUT2D eigenvalue weighted by atomic mass is 10.00. The van der Waals surface area contributed by atoms with E-state index < -0.39 is 314 Å². The van der Waals surface area contributed by atoms with E-state index in [9.17, 15) is 26.3 Å². The number of H-pyrrole nitrogens is 2. The van der Waals surface area contributed by atoms with Crippen LogP contribution in [0.4, 0.5) is 132 Å². The molecule has 0 spiro atoms. The molecule has 12 bridgehead atoms. The van der Waals surface area contributed by atoms with Gasteiger partial charge in [0.15, 0.2) is 140 Å². The van der Waals surface area contributed by atoms with Crippen LogP contribution in [0.15, 0.2) is 24.3 Å². The van der Waals surface area contributed by atoms with Crippen molar-refractivity contribution in [3.63, 3.8) is 0 Å². The molecule has 0 aliphatic carbocycles. The first kappa shape index (κ1) is 69.9. The second kappa shape index (κ2) is 24.9. The monoisotopic (exact) mass is 1490 g/mol. The lowest BCUT2D eigenvalue weighted by Gasteiger charge is -2.12. The molecular formula is C66H13ClF30N6. The number of nitrogens with zero attached hydrogens (tertiary/aromatic N) is 4. The summed E-state index contributed by atoms with van der Waals surface area (Å²) in [7, 11) is 0. The molecule has 7 heterocycles. The van der Waals surface area contributed by atoms with Gasteiger partial charge in [-0.1, -0.05) is 11.6 Å². The van der Waals surface area contributed by atoms with Crippen LogP contribution >= 0.6 is 11.6 Å². The SMILES string of the molecule is Fc1c(F)c(F)c(-c2c3nc(c(-c4c(F)c(F)c(F)c(F)c4F)c4ccc([nH]4)c(-c4c(F)c(F)c(F)c(F)c4F)c4nc(c(-c5c(F)c(F)c(F)c(F)c5F)c5nc(c(-c6c(F)c(F)c(F)c(F)c6F)c6ccc([nH]6)c(-c6c(F)c(F)c(F)c(F)c6F)c6nc2C=C6)C=C5Cl)C=C4)C=C3)c(F)c1F. The van der Waals surface area contributed by atoms with Crippen molar-refractivity contribution in [2.75, 3.05) is 0 Å². The van der Waals surface area contributed by atoms with Gasteiger partial charge >= 0.3 is 0 Å². The molecule has 13 rings (SSSR count). The van der Waals surface area contributed by atoms with Gasteiger partial charge in [0.25, 0.3) is 0 Å². The van der Waals surface area contributed by atoms with Crippen LogP contribution in [0.5, 0.6) is 0 Å². The minimum absolute atomic E-state index is 0.201. The topological polar surface area (TPSA) is 83.1 Å². The minimum Gasteiger partial charge on any atom is -0.354 e. The van der Waals surface area contributed by atoms with E-state index in [4.69, 9.17) is 11.6 Å². The Kier molecular flexibility index (Phi) is 16.9. The first-order valence-electron chi connectivity index (χ1n) is 27.5. The van der Waals surface area contributed by atoms with Crippen molar-refractivity contribution in [2.24, 2.45) is 0 Å². The lowest BCUT2D eigenvalue weighted by Crippen LogP contribution is -2.06. The molecule has 0 fully saturated rings. The van der Waals surface area contributed by atoms with Crippen LogP contribution < -0.4 is 0 Å². The molecule has 0 saturated heterocycles. The number of hydrogen-bond donors (Lipinski definition) is 2. The maximum atomic E-state index is 16.5. The predicted octanol–water partition coefficient (Wildman–Crippen LogP) is 21.4. The van der Waals surface area contributed by atoms with E-state index in [1.807, 2.05) is 0 Å². The number of aromatic amines is 2. The van der Waals surface area contributed by atoms with Gasteiger partial charge in [-0.05, 0) is 66.8 Å². The minimum atomic E-state index is -2.97. The van der Waals surface area contributed by atoms with Crippen molar-refractivity contribution in [1.29, 1.82) is 0 Å². The average molecular weight is 1500 g/mol. The van der Waals surface area contributed by atoms with Crippen molar-refractivity contribution in [3.8, 4) is 66.8 Å². The summed E-state index contributed by atoms with van der Waals surface area (Å²) in [5, 5.41) is -1.36. The highest BCUT2D eigenvalue weighted by molar-refractivity contribution is 6.52. The summed E-state index contributed by atoms with van der Waals surface area (Å²) >= 11 is 6.57. The molecule has 2 N–H and O–H groups in total. The zero-order valence-corrected chi connectivity index (χ0v) is 49.1. The van der Waals surface area contributed by atoms with Crippen LogP contribution in [-0.2, 0) is 0 Å². The fourth-order valence-corrected chi connectivity index (χ4v) is 11.5. The maximum Gasteiger partial charge on any atom is 0.200 e. The molecule has 3 aromatic heterocycles. The standard InChI is InChI=1S/C66H13ClF30N6/c67-12-11-23-28(34-44(76)56(88)64(96)57(89)45(34)77)21-8-7-19(101-21)26(32-40(72)52(84)62(94)53(85)41(32)73)17-4-3-15(99-17)24(30-36(68)48(80)60(92)49(81)37(30)69)13-1-2-14(98-13)25(31-38(70)50(82)61(93)51(83)39(31)71)16-5-6-18(100-16)27(33-42(74)54(86)63(95)55(87)43(33)75)20-9-10-22(102-20)29(66(12)103-23)35-46(78)58(90)65(97)59(91)47(35)79/h1-11,100-101H. The van der Waals surface area contributed by atoms with Gasteiger partial charge in [-0.3, -0.25) is 0 Å².